The maximum absolute atomic E-state index is 4.64. The molecule has 5 heteroatoms. The molecule has 2 heterocycles. The van der Waals surface area contributed by atoms with E-state index in [1.807, 2.05) is 18.2 Å². The van der Waals surface area contributed by atoms with Crippen LogP contribution in [0.5, 0.6) is 0 Å². The quantitative estimate of drug-likeness (QED) is 0.283. The second-order valence-electron chi connectivity index (χ2n) is 7.43. The Bertz CT molecular complexity index is 1220. The first-order valence-electron chi connectivity index (χ1n) is 10.5. The van der Waals surface area contributed by atoms with E-state index in [-0.39, 0.29) is 5.25 Å². The molecule has 0 aliphatic carbocycles. The Labute approximate surface area is 192 Å². The molecule has 32 heavy (non-hydrogen) atoms. The summed E-state index contributed by atoms with van der Waals surface area (Å²) in [5, 5.41) is 10.2. The maximum Gasteiger partial charge on any atom is 0.192 e. The number of hydrogen-bond donors (Lipinski definition) is 0. The van der Waals surface area contributed by atoms with E-state index in [1.165, 1.54) is 16.7 Å². The molecule has 0 saturated carbocycles. The van der Waals surface area contributed by atoms with Gasteiger partial charge in [-0.1, -0.05) is 103 Å². The Morgan fingerprint density at radius 1 is 0.656 bits per heavy atom. The maximum atomic E-state index is 4.64. The van der Waals surface area contributed by atoms with Gasteiger partial charge in [-0.15, -0.1) is 10.2 Å². The Morgan fingerprint density at radius 2 is 1.22 bits per heavy atom. The zero-order valence-corrected chi connectivity index (χ0v) is 18.3. The predicted octanol–water partition coefficient (Wildman–Crippen LogP) is 6.27. The van der Waals surface area contributed by atoms with Crippen LogP contribution in [-0.2, 0) is 6.54 Å². The van der Waals surface area contributed by atoms with Crippen molar-refractivity contribution in [2.24, 2.45) is 0 Å². The topological polar surface area (TPSA) is 43.6 Å². The predicted molar refractivity (Wildman–Crippen MR) is 129 cm³/mol. The van der Waals surface area contributed by atoms with Crippen LogP contribution in [0.25, 0.3) is 11.4 Å². The lowest BCUT2D eigenvalue weighted by atomic mass is 10.0. The average molecular weight is 435 g/mol. The van der Waals surface area contributed by atoms with Gasteiger partial charge < -0.3 is 0 Å². The highest BCUT2D eigenvalue weighted by molar-refractivity contribution is 7.99. The highest BCUT2D eigenvalue weighted by Crippen LogP contribution is 2.40. The molecule has 0 fully saturated rings. The van der Waals surface area contributed by atoms with E-state index in [2.05, 4.69) is 105 Å². The van der Waals surface area contributed by atoms with Crippen LogP contribution < -0.4 is 0 Å². The zero-order valence-electron chi connectivity index (χ0n) is 17.5. The van der Waals surface area contributed by atoms with Gasteiger partial charge in [0.2, 0.25) is 0 Å². The summed E-state index contributed by atoms with van der Waals surface area (Å²) < 4.78 is 2.20. The van der Waals surface area contributed by atoms with Crippen molar-refractivity contribution in [1.82, 2.24) is 19.7 Å². The molecule has 2 aromatic heterocycles. The van der Waals surface area contributed by atoms with Crippen molar-refractivity contribution in [3.05, 3.63) is 132 Å². The van der Waals surface area contributed by atoms with Crippen molar-refractivity contribution in [2.45, 2.75) is 17.0 Å². The van der Waals surface area contributed by atoms with Crippen molar-refractivity contribution in [2.75, 3.05) is 0 Å². The summed E-state index contributed by atoms with van der Waals surface area (Å²) in [6, 6.07) is 35.5. The fraction of sp³-hybridized carbons (Fsp3) is 0.0741. The molecular formula is C27H22N4S. The number of hydrogen-bond acceptors (Lipinski definition) is 4. The Balaban J connectivity index is 1.58. The number of thioether (sulfide) groups is 1. The van der Waals surface area contributed by atoms with Gasteiger partial charge in [-0.2, -0.15) is 0 Å². The second-order valence-corrected chi connectivity index (χ2v) is 8.51. The molecule has 0 radical (unpaired) electrons. The molecule has 0 atom stereocenters. The first-order chi connectivity index (χ1) is 15.9. The van der Waals surface area contributed by atoms with Crippen molar-refractivity contribution in [1.29, 1.82) is 0 Å². The number of rotatable bonds is 7. The minimum atomic E-state index is 0.112. The monoisotopic (exact) mass is 434 g/mol. The summed E-state index contributed by atoms with van der Waals surface area (Å²) in [5.41, 5.74) is 4.69. The molecule has 0 spiro atoms. The third-order valence-corrected chi connectivity index (χ3v) is 6.56. The van der Waals surface area contributed by atoms with Crippen LogP contribution in [0.4, 0.5) is 0 Å². The first-order valence-corrected chi connectivity index (χ1v) is 11.4. The lowest BCUT2D eigenvalue weighted by Gasteiger charge is -2.18. The van der Waals surface area contributed by atoms with Crippen molar-refractivity contribution in [3.63, 3.8) is 0 Å². The fourth-order valence-electron chi connectivity index (χ4n) is 3.69. The zero-order chi connectivity index (χ0) is 21.6. The van der Waals surface area contributed by atoms with E-state index in [0.717, 1.165) is 16.5 Å². The molecule has 0 bridgehead atoms. The van der Waals surface area contributed by atoms with Crippen LogP contribution in [0.3, 0.4) is 0 Å². The first kappa shape index (κ1) is 20.2. The normalized spacial score (nSPS) is 11.0. The van der Waals surface area contributed by atoms with Crippen molar-refractivity contribution < 1.29 is 0 Å². The standard InChI is InChI=1S/C27H22N4S/c1-4-10-21(11-5-1)20-31-26(24-16-18-28-19-17-24)29-30-27(31)32-25(22-12-6-2-7-13-22)23-14-8-3-9-15-23/h1-19,25H,20H2. The third kappa shape index (κ3) is 4.48. The van der Waals surface area contributed by atoms with Gasteiger partial charge in [-0.3, -0.25) is 9.55 Å². The van der Waals surface area contributed by atoms with E-state index in [4.69, 9.17) is 0 Å². The molecule has 0 aliphatic rings. The van der Waals surface area contributed by atoms with Crippen LogP contribution in [0.15, 0.2) is 121 Å². The number of nitrogens with zero attached hydrogens (tertiary/aromatic N) is 4. The number of benzene rings is 3. The number of aromatic nitrogens is 4. The van der Waals surface area contributed by atoms with E-state index in [9.17, 15) is 0 Å². The highest BCUT2D eigenvalue weighted by Gasteiger charge is 2.22. The molecule has 0 amide bonds. The van der Waals surface area contributed by atoms with Gasteiger partial charge in [0.15, 0.2) is 11.0 Å². The van der Waals surface area contributed by atoms with Gasteiger partial charge in [0, 0.05) is 18.0 Å². The molecule has 0 saturated heterocycles. The van der Waals surface area contributed by atoms with Crippen LogP contribution in [0.1, 0.15) is 21.9 Å². The van der Waals surface area contributed by atoms with E-state index < -0.39 is 0 Å². The van der Waals surface area contributed by atoms with Crippen LogP contribution in [-0.4, -0.2) is 19.7 Å². The number of pyridine rings is 1. The minimum absolute atomic E-state index is 0.112. The van der Waals surface area contributed by atoms with E-state index >= 15 is 0 Å². The summed E-state index contributed by atoms with van der Waals surface area (Å²) in [6.07, 6.45) is 3.58. The molecule has 4 nitrogen and oxygen atoms in total. The largest absolute Gasteiger partial charge is 0.298 e. The van der Waals surface area contributed by atoms with Gasteiger partial charge >= 0.3 is 0 Å². The Morgan fingerprint density at radius 3 is 1.81 bits per heavy atom. The molecule has 156 valence electrons. The molecule has 0 N–H and O–H groups in total. The summed E-state index contributed by atoms with van der Waals surface area (Å²) in [6.45, 7) is 0.699. The van der Waals surface area contributed by atoms with Crippen LogP contribution in [0, 0.1) is 0 Å². The summed E-state index contributed by atoms with van der Waals surface area (Å²) >= 11 is 1.73. The van der Waals surface area contributed by atoms with E-state index in [1.54, 1.807) is 24.2 Å². The fourth-order valence-corrected chi connectivity index (χ4v) is 4.85. The van der Waals surface area contributed by atoms with Gasteiger partial charge in [0.1, 0.15) is 0 Å². The third-order valence-electron chi connectivity index (χ3n) is 5.27. The summed E-state index contributed by atoms with van der Waals surface area (Å²) in [7, 11) is 0. The van der Waals surface area contributed by atoms with Crippen molar-refractivity contribution in [3.8, 4) is 11.4 Å². The van der Waals surface area contributed by atoms with E-state index in [0.29, 0.717) is 6.54 Å². The highest BCUT2D eigenvalue weighted by atomic mass is 32.2. The van der Waals surface area contributed by atoms with Crippen LogP contribution >= 0.6 is 11.8 Å². The van der Waals surface area contributed by atoms with Gasteiger partial charge in [-0.25, -0.2) is 0 Å². The van der Waals surface area contributed by atoms with Gasteiger partial charge in [0.05, 0.1) is 11.8 Å². The molecular weight excluding hydrogens is 412 g/mol. The second kappa shape index (κ2) is 9.62. The summed E-state index contributed by atoms with van der Waals surface area (Å²) in [4.78, 5) is 4.16. The van der Waals surface area contributed by atoms with Crippen LogP contribution in [0.2, 0.25) is 0 Å². The molecule has 0 aliphatic heterocycles. The lowest BCUT2D eigenvalue weighted by molar-refractivity contribution is 0.713. The molecule has 0 unspecified atom stereocenters. The lowest BCUT2D eigenvalue weighted by Crippen LogP contribution is -2.06. The van der Waals surface area contributed by atoms with Crippen molar-refractivity contribution >= 4 is 11.8 Å². The van der Waals surface area contributed by atoms with Gasteiger partial charge in [0.25, 0.3) is 0 Å². The molecule has 5 aromatic rings. The average Bonchev–Trinajstić information content (AvgIpc) is 3.26. The SMILES string of the molecule is c1ccc(Cn2c(SC(c3ccccc3)c3ccccc3)nnc2-c2ccncc2)cc1. The molecule has 3 aromatic carbocycles. The smallest absolute Gasteiger partial charge is 0.192 e. The van der Waals surface area contributed by atoms with Gasteiger partial charge in [-0.05, 0) is 28.8 Å². The summed E-state index contributed by atoms with van der Waals surface area (Å²) in [5.74, 6) is 0.846. The minimum Gasteiger partial charge on any atom is -0.298 e. The Hall–Kier alpha value is -3.70. The Kier molecular flexibility index (Phi) is 6.08. The molecule has 5 rings (SSSR count).